The van der Waals surface area contributed by atoms with Crippen LogP contribution >= 0.6 is 55.4 Å². The number of rotatable bonds is 8. The highest BCUT2D eigenvalue weighted by Gasteiger charge is 2.41. The number of thioether (sulfide) groups is 2. The van der Waals surface area contributed by atoms with Crippen LogP contribution in [-0.4, -0.2) is 64.0 Å². The second kappa shape index (κ2) is 12.9. The number of hydrogen-bond donors (Lipinski definition) is 0. The van der Waals surface area contributed by atoms with E-state index in [1.165, 1.54) is 32.9 Å². The molecule has 16 heteroatoms. The topological polar surface area (TPSA) is 127 Å². The summed E-state index contributed by atoms with van der Waals surface area (Å²) in [6.07, 6.45) is 3.60. The van der Waals surface area contributed by atoms with E-state index >= 15 is 0 Å². The van der Waals surface area contributed by atoms with Crippen LogP contribution in [0.5, 0.6) is 0 Å². The largest absolute Gasteiger partial charge is 0.296 e. The highest BCUT2D eigenvalue weighted by atomic mass is 79.9. The summed E-state index contributed by atoms with van der Waals surface area (Å²) in [5, 5.41) is 26.5. The molecule has 0 atom stereocenters. The van der Waals surface area contributed by atoms with E-state index in [1.807, 2.05) is 58.3 Å². The molecule has 42 heavy (non-hydrogen) atoms. The van der Waals surface area contributed by atoms with Crippen molar-refractivity contribution in [3.05, 3.63) is 101 Å². The Bertz CT molecular complexity index is 1700. The number of benzene rings is 2. The zero-order chi connectivity index (χ0) is 30.0. The van der Waals surface area contributed by atoms with Crippen molar-refractivity contribution < 1.29 is 0 Å². The van der Waals surface area contributed by atoms with Crippen molar-refractivity contribution in [2.45, 2.75) is 37.2 Å². The van der Waals surface area contributed by atoms with E-state index < -0.39 is 0 Å². The molecule has 4 aromatic rings. The zero-order valence-corrected chi connectivity index (χ0v) is 27.7. The maximum absolute atomic E-state index is 13.2. The first-order valence-corrected chi connectivity index (χ1v) is 16.5. The fraction of sp³-hybridized carbons (Fsp3) is 0.231. The highest BCUT2D eigenvalue weighted by molar-refractivity contribution is 9.10. The Hall–Kier alpha value is -3.34. The molecule has 0 N–H and O–H groups in total. The summed E-state index contributed by atoms with van der Waals surface area (Å²) >= 11 is 9.61. The molecule has 1 fully saturated rings. The van der Waals surface area contributed by atoms with Gasteiger partial charge in [-0.15, -0.1) is 30.6 Å². The third kappa shape index (κ3) is 6.21. The van der Waals surface area contributed by atoms with E-state index in [0.717, 1.165) is 20.1 Å². The maximum Gasteiger partial charge on any atom is 0.296 e. The van der Waals surface area contributed by atoms with Crippen LogP contribution in [-0.2, 0) is 13.1 Å². The molecule has 2 aromatic carbocycles. The van der Waals surface area contributed by atoms with Crippen LogP contribution in [0.25, 0.3) is 0 Å². The van der Waals surface area contributed by atoms with Gasteiger partial charge < -0.3 is 0 Å². The smallest absolute Gasteiger partial charge is 0.274 e. The molecule has 0 spiro atoms. The van der Waals surface area contributed by atoms with Gasteiger partial charge in [0.1, 0.15) is 11.4 Å². The van der Waals surface area contributed by atoms with E-state index in [-0.39, 0.29) is 22.5 Å². The molecule has 0 saturated carbocycles. The van der Waals surface area contributed by atoms with Crippen molar-refractivity contribution in [1.29, 1.82) is 0 Å². The molecule has 1 aliphatic heterocycles. The van der Waals surface area contributed by atoms with E-state index in [2.05, 4.69) is 52.3 Å². The maximum atomic E-state index is 13.2. The van der Waals surface area contributed by atoms with Gasteiger partial charge in [0, 0.05) is 8.95 Å². The van der Waals surface area contributed by atoms with Crippen LogP contribution in [0.3, 0.4) is 0 Å². The van der Waals surface area contributed by atoms with E-state index in [4.69, 9.17) is 10.2 Å². The first kappa shape index (κ1) is 30.1. The third-order valence-electron chi connectivity index (χ3n) is 6.11. The quantitative estimate of drug-likeness (QED) is 0.244. The van der Waals surface area contributed by atoms with Gasteiger partial charge in [-0.3, -0.25) is 19.4 Å². The second-order valence-corrected chi connectivity index (χ2v) is 12.4. The SMILES string of the molecule is CSc1nnc(C)c(=O)n1N=C1N(Cc2cccc(Br)c2)C(=Nn2c(SC)nnc(C)c2=O)N1Cc1cccc(Br)c1. The van der Waals surface area contributed by atoms with Gasteiger partial charge in [0.25, 0.3) is 11.1 Å². The Morgan fingerprint density at radius 1 is 0.690 bits per heavy atom. The van der Waals surface area contributed by atoms with Gasteiger partial charge >= 0.3 is 0 Å². The lowest BCUT2D eigenvalue weighted by molar-refractivity contribution is 0.339. The van der Waals surface area contributed by atoms with Crippen molar-refractivity contribution in [3.8, 4) is 0 Å². The summed E-state index contributed by atoms with van der Waals surface area (Å²) in [7, 11) is 0. The third-order valence-corrected chi connectivity index (χ3v) is 8.33. The van der Waals surface area contributed by atoms with Crippen LogP contribution in [0.15, 0.2) is 87.6 Å². The molecule has 2 aromatic heterocycles. The lowest BCUT2D eigenvalue weighted by atomic mass is 10.1. The molecule has 12 nitrogen and oxygen atoms in total. The Morgan fingerprint density at radius 3 is 1.45 bits per heavy atom. The van der Waals surface area contributed by atoms with Gasteiger partial charge in [-0.2, -0.15) is 9.35 Å². The molecule has 1 saturated heterocycles. The van der Waals surface area contributed by atoms with Crippen LogP contribution in [0.1, 0.15) is 22.5 Å². The van der Waals surface area contributed by atoms with Gasteiger partial charge in [-0.1, -0.05) is 79.6 Å². The fourth-order valence-electron chi connectivity index (χ4n) is 4.06. The van der Waals surface area contributed by atoms with Crippen molar-refractivity contribution in [1.82, 2.24) is 39.5 Å². The number of hydrogen-bond acceptors (Lipinski definition) is 10. The summed E-state index contributed by atoms with van der Waals surface area (Å²) < 4.78 is 4.32. The van der Waals surface area contributed by atoms with Crippen molar-refractivity contribution in [2.75, 3.05) is 12.5 Å². The Kier molecular flexibility index (Phi) is 9.25. The fourth-order valence-corrected chi connectivity index (χ4v) is 5.79. The van der Waals surface area contributed by atoms with Crippen LogP contribution in [0.2, 0.25) is 0 Å². The first-order valence-electron chi connectivity index (χ1n) is 12.4. The standard InChI is InChI=1S/C26H24Br2N10O2S2/c1-15-21(39)37(25(41-3)31-29-15)33-23-35(13-17-7-5-9-19(27)11-17)24(36(23)14-18-8-6-10-20(28)12-18)34-38-22(40)16(2)30-32-26(38)42-4/h5-12H,13-14H2,1-4H3. The minimum absolute atomic E-state index is 0.219. The summed E-state index contributed by atoms with van der Waals surface area (Å²) in [6, 6.07) is 15.7. The van der Waals surface area contributed by atoms with E-state index in [0.29, 0.717) is 35.3 Å². The summed E-state index contributed by atoms with van der Waals surface area (Å²) in [4.78, 5) is 30.0. The molecule has 0 radical (unpaired) electrons. The number of halogens is 2. The molecule has 5 rings (SSSR count). The summed E-state index contributed by atoms with van der Waals surface area (Å²) in [5.41, 5.74) is 1.58. The molecule has 1 aliphatic rings. The Morgan fingerprint density at radius 2 is 1.10 bits per heavy atom. The molecule has 3 heterocycles. The normalized spacial score (nSPS) is 12.9. The molecule has 0 unspecified atom stereocenters. The van der Waals surface area contributed by atoms with Gasteiger partial charge in [0.05, 0.1) is 13.1 Å². The second-order valence-electron chi connectivity index (χ2n) is 9.01. The minimum Gasteiger partial charge on any atom is -0.274 e. The number of guanidine groups is 2. The van der Waals surface area contributed by atoms with Crippen molar-refractivity contribution in [2.24, 2.45) is 10.2 Å². The predicted molar refractivity (Wildman–Crippen MR) is 171 cm³/mol. The first-order chi connectivity index (χ1) is 20.2. The number of aryl methyl sites for hydroxylation is 2. The predicted octanol–water partition coefficient (Wildman–Crippen LogP) is 4.13. The van der Waals surface area contributed by atoms with Crippen LogP contribution in [0.4, 0.5) is 0 Å². The van der Waals surface area contributed by atoms with E-state index in [9.17, 15) is 9.59 Å². The minimum atomic E-state index is -0.383. The van der Waals surface area contributed by atoms with Gasteiger partial charge in [-0.05, 0) is 61.8 Å². The molecular weight excluding hydrogens is 708 g/mol. The van der Waals surface area contributed by atoms with Gasteiger partial charge in [0.15, 0.2) is 0 Å². The van der Waals surface area contributed by atoms with E-state index in [1.54, 1.807) is 26.4 Å². The van der Waals surface area contributed by atoms with Gasteiger partial charge in [-0.25, -0.2) is 0 Å². The molecule has 216 valence electrons. The van der Waals surface area contributed by atoms with Crippen molar-refractivity contribution in [3.63, 3.8) is 0 Å². The molecular formula is C26H24Br2N10O2S2. The average molecular weight is 732 g/mol. The Balaban J connectivity index is 1.73. The summed E-state index contributed by atoms with van der Waals surface area (Å²) in [5.74, 6) is 0.881. The Labute approximate surface area is 266 Å². The van der Waals surface area contributed by atoms with Gasteiger partial charge in [0.2, 0.25) is 22.2 Å². The number of nitrogens with zero attached hydrogens (tertiary/aromatic N) is 10. The van der Waals surface area contributed by atoms with Crippen molar-refractivity contribution >= 4 is 67.3 Å². The number of aromatic nitrogens is 6. The zero-order valence-electron chi connectivity index (χ0n) is 22.9. The molecule has 0 amide bonds. The monoisotopic (exact) mass is 730 g/mol. The lowest BCUT2D eigenvalue weighted by Crippen LogP contribution is -2.65. The van der Waals surface area contributed by atoms with Crippen LogP contribution in [0, 0.1) is 13.8 Å². The summed E-state index contributed by atoms with van der Waals surface area (Å²) in [6.45, 7) is 3.90. The molecule has 0 aliphatic carbocycles. The molecule has 0 bridgehead atoms. The highest BCUT2D eigenvalue weighted by Crippen LogP contribution is 2.26. The lowest BCUT2D eigenvalue weighted by Gasteiger charge is -2.46. The van der Waals surface area contributed by atoms with Crippen LogP contribution < -0.4 is 11.1 Å². The average Bonchev–Trinajstić information content (AvgIpc) is 2.97.